The summed E-state index contributed by atoms with van der Waals surface area (Å²) in [4.78, 5) is 18.1. The molecule has 7 rings (SSSR count). The number of carbonyl (C=O) groups excluding carboxylic acids is 1. The van der Waals surface area contributed by atoms with Gasteiger partial charge in [0.15, 0.2) is 11.5 Å². The second-order valence-corrected chi connectivity index (χ2v) is 13.7. The topological polar surface area (TPSA) is 73.2 Å². The van der Waals surface area contributed by atoms with Crippen molar-refractivity contribution in [2.24, 2.45) is 5.92 Å². The summed E-state index contributed by atoms with van der Waals surface area (Å²) in [6.07, 6.45) is 3.75. The Morgan fingerprint density at radius 1 is 1.05 bits per heavy atom. The van der Waals surface area contributed by atoms with Gasteiger partial charge in [0.05, 0.1) is 17.1 Å². The van der Waals surface area contributed by atoms with E-state index in [1.807, 2.05) is 24.1 Å². The molecule has 6 atom stereocenters. The molecule has 2 N–H and O–H groups in total. The van der Waals surface area contributed by atoms with Gasteiger partial charge in [0.1, 0.15) is 6.10 Å². The summed E-state index contributed by atoms with van der Waals surface area (Å²) in [7, 11) is 1.91. The van der Waals surface area contributed by atoms with Gasteiger partial charge in [-0.15, -0.1) is 0 Å². The van der Waals surface area contributed by atoms with Crippen LogP contribution in [-0.4, -0.2) is 69.8 Å². The molecule has 0 aromatic heterocycles. The first-order valence-corrected chi connectivity index (χ1v) is 16.0. The number of aryl methyl sites for hydroxylation is 3. The molecule has 1 saturated carbocycles. The molecule has 6 heteroatoms. The lowest BCUT2D eigenvalue weighted by Crippen LogP contribution is -2.80. The van der Waals surface area contributed by atoms with Gasteiger partial charge < -0.3 is 19.8 Å². The Morgan fingerprint density at radius 2 is 1.84 bits per heavy atom. The van der Waals surface area contributed by atoms with E-state index in [4.69, 9.17) is 4.74 Å². The molecule has 1 spiro atoms. The van der Waals surface area contributed by atoms with E-state index in [1.54, 1.807) is 6.07 Å². The molecule has 2 aliphatic heterocycles. The Labute approximate surface area is 255 Å². The first kappa shape index (κ1) is 28.4. The highest BCUT2D eigenvalue weighted by Crippen LogP contribution is 2.67. The number of aliphatic hydroxyl groups is 1. The highest BCUT2D eigenvalue weighted by Gasteiger charge is 2.75. The number of carbonyl (C=O) groups is 1. The van der Waals surface area contributed by atoms with E-state index in [2.05, 4.69) is 68.1 Å². The lowest BCUT2D eigenvalue weighted by atomic mass is 9.45. The SMILES string of the molecule is Cc1ccc(CCC(=O)N(C)C2CC(C)[C@@]3(O)[C@H]4Cc5ccc(O)c6c5[C@@]3(CCN4CCc3ccccc3)C2O6)cc1C. The number of likely N-dealkylation sites (tertiary alicyclic amines) is 1. The van der Waals surface area contributed by atoms with Crippen molar-refractivity contribution in [3.8, 4) is 11.5 Å². The second-order valence-electron chi connectivity index (χ2n) is 13.7. The van der Waals surface area contributed by atoms with Crippen LogP contribution in [0, 0.1) is 19.8 Å². The van der Waals surface area contributed by atoms with Gasteiger partial charge >= 0.3 is 0 Å². The monoisotopic (exact) mass is 580 g/mol. The predicted molar refractivity (Wildman–Crippen MR) is 168 cm³/mol. The molecular weight excluding hydrogens is 536 g/mol. The number of rotatable bonds is 7. The third kappa shape index (κ3) is 4.16. The molecule has 2 aliphatic carbocycles. The van der Waals surface area contributed by atoms with Crippen LogP contribution in [0.1, 0.15) is 59.6 Å². The summed E-state index contributed by atoms with van der Waals surface area (Å²) in [5.41, 5.74) is 5.42. The van der Waals surface area contributed by atoms with Gasteiger partial charge in [-0.3, -0.25) is 9.69 Å². The minimum absolute atomic E-state index is 0.0548. The smallest absolute Gasteiger partial charge is 0.223 e. The van der Waals surface area contributed by atoms with E-state index in [0.717, 1.165) is 43.5 Å². The zero-order valence-electron chi connectivity index (χ0n) is 25.8. The normalized spacial score (nSPS) is 30.4. The zero-order chi connectivity index (χ0) is 30.1. The van der Waals surface area contributed by atoms with Gasteiger partial charge in [0, 0.05) is 31.6 Å². The average Bonchev–Trinajstić information content (AvgIpc) is 3.36. The minimum atomic E-state index is -1.03. The van der Waals surface area contributed by atoms with E-state index in [1.165, 1.54) is 22.3 Å². The Balaban J connectivity index is 1.20. The molecule has 6 nitrogen and oxygen atoms in total. The van der Waals surface area contributed by atoms with E-state index < -0.39 is 17.1 Å². The molecule has 0 radical (unpaired) electrons. The number of likely N-dealkylation sites (N-methyl/N-ethyl adjacent to an activating group) is 1. The average molecular weight is 581 g/mol. The molecule has 2 fully saturated rings. The summed E-state index contributed by atoms with van der Waals surface area (Å²) in [5, 5.41) is 24.1. The molecule has 43 heavy (non-hydrogen) atoms. The van der Waals surface area contributed by atoms with Gasteiger partial charge in [-0.25, -0.2) is 0 Å². The number of ether oxygens (including phenoxy) is 1. The van der Waals surface area contributed by atoms with Crippen LogP contribution >= 0.6 is 0 Å². The maximum absolute atomic E-state index is 13.7. The van der Waals surface area contributed by atoms with Crippen LogP contribution in [0.15, 0.2) is 60.7 Å². The van der Waals surface area contributed by atoms with E-state index in [0.29, 0.717) is 25.0 Å². The number of amides is 1. The van der Waals surface area contributed by atoms with E-state index in [9.17, 15) is 15.0 Å². The van der Waals surface area contributed by atoms with Crippen molar-refractivity contribution < 1.29 is 19.7 Å². The summed E-state index contributed by atoms with van der Waals surface area (Å²) >= 11 is 0. The maximum atomic E-state index is 13.7. The zero-order valence-corrected chi connectivity index (χ0v) is 25.8. The van der Waals surface area contributed by atoms with Crippen molar-refractivity contribution in [3.63, 3.8) is 0 Å². The first-order chi connectivity index (χ1) is 20.6. The van der Waals surface area contributed by atoms with Crippen LogP contribution in [-0.2, 0) is 29.5 Å². The molecule has 2 heterocycles. The van der Waals surface area contributed by atoms with Gasteiger partial charge in [0.2, 0.25) is 5.91 Å². The lowest BCUT2D eigenvalue weighted by Gasteiger charge is -2.67. The van der Waals surface area contributed by atoms with Gasteiger partial charge in [-0.1, -0.05) is 61.5 Å². The standard InChI is InChI=1S/C37H44N2O4/c1-23-10-11-27(20-24(23)2)12-15-32(41)38(4)29-21-25(3)37(42)31-22-28-13-14-30(40)34-33(28)36(37,35(29)43-34)17-19-39(31)18-16-26-8-6-5-7-9-26/h5-11,13-14,20,25,29,31,35,40,42H,12,15-19,21-22H2,1-4H3/t25?,29?,31-,35?,36+,37-/m1/s1. The fourth-order valence-electron chi connectivity index (χ4n) is 9.16. The molecule has 3 aromatic carbocycles. The Bertz CT molecular complexity index is 1560. The van der Waals surface area contributed by atoms with Crippen molar-refractivity contribution in [1.29, 1.82) is 0 Å². The summed E-state index contributed by atoms with van der Waals surface area (Å²) < 4.78 is 6.74. The largest absolute Gasteiger partial charge is 0.504 e. The highest BCUT2D eigenvalue weighted by molar-refractivity contribution is 5.77. The quantitative estimate of drug-likeness (QED) is 0.406. The molecule has 1 saturated heterocycles. The number of hydrogen-bond acceptors (Lipinski definition) is 5. The molecular formula is C37H44N2O4. The van der Waals surface area contributed by atoms with Crippen molar-refractivity contribution in [2.75, 3.05) is 20.1 Å². The third-order valence-electron chi connectivity index (χ3n) is 11.6. The predicted octanol–water partition coefficient (Wildman–Crippen LogP) is 5.11. The number of piperidine rings is 1. The van der Waals surface area contributed by atoms with Crippen LogP contribution < -0.4 is 4.74 Å². The molecule has 4 aliphatic rings. The van der Waals surface area contributed by atoms with Crippen LogP contribution in [0.2, 0.25) is 0 Å². The number of phenols is 1. The number of benzene rings is 3. The number of hydrogen-bond donors (Lipinski definition) is 2. The van der Waals surface area contributed by atoms with Crippen molar-refractivity contribution in [1.82, 2.24) is 9.80 Å². The maximum Gasteiger partial charge on any atom is 0.223 e. The Kier molecular flexibility index (Phi) is 6.86. The van der Waals surface area contributed by atoms with Crippen LogP contribution in [0.4, 0.5) is 0 Å². The highest BCUT2D eigenvalue weighted by atomic mass is 16.5. The Morgan fingerprint density at radius 3 is 2.60 bits per heavy atom. The summed E-state index contributed by atoms with van der Waals surface area (Å²) in [5.74, 6) is 0.685. The van der Waals surface area contributed by atoms with Crippen molar-refractivity contribution >= 4 is 5.91 Å². The number of nitrogens with zero attached hydrogens (tertiary/aromatic N) is 2. The van der Waals surface area contributed by atoms with E-state index in [-0.39, 0.29) is 29.7 Å². The number of aromatic hydroxyl groups is 1. The fraction of sp³-hybridized carbons (Fsp3) is 0.486. The Hall–Kier alpha value is -3.35. The van der Waals surface area contributed by atoms with Crippen LogP contribution in [0.3, 0.4) is 0 Å². The second kappa shape index (κ2) is 10.4. The molecule has 3 unspecified atom stereocenters. The lowest BCUT2D eigenvalue weighted by molar-refractivity contribution is -0.224. The van der Waals surface area contributed by atoms with Gasteiger partial charge in [-0.2, -0.15) is 0 Å². The molecule has 226 valence electrons. The van der Waals surface area contributed by atoms with Crippen molar-refractivity contribution in [3.05, 3.63) is 94.0 Å². The summed E-state index contributed by atoms with van der Waals surface area (Å²) in [6, 6.07) is 20.5. The van der Waals surface area contributed by atoms with E-state index >= 15 is 0 Å². The number of phenolic OH excluding ortho intramolecular Hbond substituents is 1. The van der Waals surface area contributed by atoms with Gasteiger partial charge in [0.25, 0.3) is 0 Å². The van der Waals surface area contributed by atoms with Gasteiger partial charge in [-0.05, 0) is 92.3 Å². The van der Waals surface area contributed by atoms with Crippen molar-refractivity contribution in [2.45, 2.75) is 88.5 Å². The van der Waals surface area contributed by atoms with Crippen LogP contribution in [0.25, 0.3) is 0 Å². The fourth-order valence-corrected chi connectivity index (χ4v) is 9.16. The molecule has 1 amide bonds. The van der Waals surface area contributed by atoms with Crippen LogP contribution in [0.5, 0.6) is 11.5 Å². The third-order valence-corrected chi connectivity index (χ3v) is 11.6. The minimum Gasteiger partial charge on any atom is -0.504 e. The molecule has 3 aromatic rings. The first-order valence-electron chi connectivity index (χ1n) is 16.0. The summed E-state index contributed by atoms with van der Waals surface area (Å²) in [6.45, 7) is 8.11. The molecule has 2 bridgehead atoms.